The van der Waals surface area contributed by atoms with Crippen LogP contribution in [0.1, 0.15) is 26.3 Å². The molecule has 2 rings (SSSR count). The second-order valence-electron chi connectivity index (χ2n) is 7.85. The van der Waals surface area contributed by atoms with Gasteiger partial charge in [0.2, 0.25) is 5.60 Å². The van der Waals surface area contributed by atoms with Crippen LogP contribution in [-0.2, 0) is 25.3 Å². The first kappa shape index (κ1) is 19.1. The monoisotopic (exact) mass is 352 g/mol. The summed E-state index contributed by atoms with van der Waals surface area (Å²) >= 11 is 0. The fourth-order valence-corrected chi connectivity index (χ4v) is 3.50. The van der Waals surface area contributed by atoms with Crippen molar-refractivity contribution >= 4 is 14.3 Å². The maximum Gasteiger partial charge on any atom is 0.341 e. The van der Waals surface area contributed by atoms with Crippen molar-refractivity contribution in [3.05, 3.63) is 35.9 Å². The Labute approximate surface area is 145 Å². The van der Waals surface area contributed by atoms with E-state index in [4.69, 9.17) is 13.9 Å². The summed E-state index contributed by atoms with van der Waals surface area (Å²) in [6.45, 7) is 11.4. The van der Waals surface area contributed by atoms with Crippen LogP contribution in [0.5, 0.6) is 0 Å². The molecular formula is C18H28O5Si. The Hall–Kier alpha value is -1.21. The van der Waals surface area contributed by atoms with Crippen molar-refractivity contribution in [3.63, 3.8) is 0 Å². The van der Waals surface area contributed by atoms with Crippen molar-refractivity contribution in [2.75, 3.05) is 13.2 Å². The molecule has 1 unspecified atom stereocenters. The fourth-order valence-electron chi connectivity index (χ4n) is 2.18. The van der Waals surface area contributed by atoms with E-state index in [1.54, 1.807) is 0 Å². The second-order valence-corrected chi connectivity index (χ2v) is 12.6. The number of hydrogen-bond donors (Lipinski definition) is 1. The van der Waals surface area contributed by atoms with Crippen LogP contribution >= 0.6 is 0 Å². The molecule has 1 aliphatic heterocycles. The Morgan fingerprint density at radius 3 is 2.38 bits per heavy atom. The lowest BCUT2D eigenvalue weighted by atomic mass is 10.1. The van der Waals surface area contributed by atoms with Crippen molar-refractivity contribution < 1.29 is 23.8 Å². The predicted molar refractivity (Wildman–Crippen MR) is 94.5 cm³/mol. The summed E-state index contributed by atoms with van der Waals surface area (Å²) in [6, 6.07) is 9.80. The average Bonchev–Trinajstić information content (AvgIpc) is 3.27. The number of ether oxygens (including phenoxy) is 2. The van der Waals surface area contributed by atoms with E-state index in [0.29, 0.717) is 6.61 Å². The SMILES string of the molecule is CC(C)(C)[Si](C)(C)OC(COCc1ccccc1)[C@@]1(C(=O)O)CO1. The summed E-state index contributed by atoms with van der Waals surface area (Å²) < 4.78 is 17.4. The summed E-state index contributed by atoms with van der Waals surface area (Å²) in [7, 11) is -2.14. The van der Waals surface area contributed by atoms with Gasteiger partial charge in [0.1, 0.15) is 6.10 Å². The highest BCUT2D eigenvalue weighted by molar-refractivity contribution is 6.74. The summed E-state index contributed by atoms with van der Waals surface area (Å²) in [6.07, 6.45) is -0.598. The highest BCUT2D eigenvalue weighted by Gasteiger charge is 2.61. The minimum Gasteiger partial charge on any atom is -0.479 e. The normalized spacial score (nSPS) is 22.2. The van der Waals surface area contributed by atoms with Crippen LogP contribution in [0, 0.1) is 0 Å². The number of epoxide rings is 1. The number of carbonyl (C=O) groups is 1. The molecule has 0 radical (unpaired) electrons. The largest absolute Gasteiger partial charge is 0.479 e. The molecule has 0 spiro atoms. The zero-order chi connectivity index (χ0) is 18.0. The molecule has 1 saturated heterocycles. The number of rotatable bonds is 8. The van der Waals surface area contributed by atoms with Crippen molar-refractivity contribution in [2.45, 2.75) is 57.2 Å². The summed E-state index contributed by atoms with van der Waals surface area (Å²) in [4.78, 5) is 11.6. The van der Waals surface area contributed by atoms with Crippen molar-refractivity contribution in [2.24, 2.45) is 0 Å². The molecule has 1 aliphatic rings. The van der Waals surface area contributed by atoms with Crippen LogP contribution in [0.4, 0.5) is 0 Å². The number of benzene rings is 1. The smallest absolute Gasteiger partial charge is 0.341 e. The molecular weight excluding hydrogens is 324 g/mol. The Kier molecular flexibility index (Phi) is 5.54. The summed E-state index contributed by atoms with van der Waals surface area (Å²) in [5.41, 5.74) is -0.212. The molecule has 1 N–H and O–H groups in total. The fraction of sp³-hybridized carbons (Fsp3) is 0.611. The van der Waals surface area contributed by atoms with Crippen LogP contribution in [0.2, 0.25) is 18.1 Å². The number of hydrogen-bond acceptors (Lipinski definition) is 4. The Morgan fingerprint density at radius 2 is 1.92 bits per heavy atom. The third-order valence-electron chi connectivity index (χ3n) is 4.96. The van der Waals surface area contributed by atoms with Gasteiger partial charge in [-0.15, -0.1) is 0 Å². The van der Waals surface area contributed by atoms with E-state index < -0.39 is 26.0 Å². The second kappa shape index (κ2) is 6.96. The third-order valence-corrected chi connectivity index (χ3v) is 9.45. The Morgan fingerprint density at radius 1 is 1.33 bits per heavy atom. The molecule has 0 amide bonds. The lowest BCUT2D eigenvalue weighted by Crippen LogP contribution is -2.52. The summed E-state index contributed by atoms with van der Waals surface area (Å²) in [5, 5.41) is 9.53. The summed E-state index contributed by atoms with van der Waals surface area (Å²) in [5.74, 6) is -0.977. The highest BCUT2D eigenvalue weighted by atomic mass is 28.4. The maximum absolute atomic E-state index is 11.6. The number of carboxylic acid groups (broad SMARTS) is 1. The van der Waals surface area contributed by atoms with Gasteiger partial charge in [-0.05, 0) is 23.7 Å². The van der Waals surface area contributed by atoms with Crippen LogP contribution < -0.4 is 0 Å². The lowest BCUT2D eigenvalue weighted by molar-refractivity contribution is -0.149. The molecule has 1 fully saturated rings. The van der Waals surface area contributed by atoms with E-state index in [1.165, 1.54) is 0 Å². The van der Waals surface area contributed by atoms with Gasteiger partial charge in [0.05, 0.1) is 19.8 Å². The van der Waals surface area contributed by atoms with Crippen molar-refractivity contribution in [3.8, 4) is 0 Å². The van der Waals surface area contributed by atoms with Gasteiger partial charge in [0, 0.05) is 0 Å². The standard InChI is InChI=1S/C18H28O5Si/c1-17(2,3)24(4,5)23-15(18(13-22-18)16(19)20)12-21-11-14-9-7-6-8-10-14/h6-10,15H,11-13H2,1-5H3,(H,19,20)/t15?,18-/m1/s1. The van der Waals surface area contributed by atoms with Crippen LogP contribution in [0.15, 0.2) is 30.3 Å². The lowest BCUT2D eigenvalue weighted by Gasteiger charge is -2.40. The third kappa shape index (κ3) is 4.24. The Bertz CT molecular complexity index is 561. The molecule has 2 atom stereocenters. The van der Waals surface area contributed by atoms with Gasteiger partial charge in [0.15, 0.2) is 8.32 Å². The highest BCUT2D eigenvalue weighted by Crippen LogP contribution is 2.42. The van der Waals surface area contributed by atoms with Gasteiger partial charge in [-0.1, -0.05) is 51.1 Å². The first-order valence-corrected chi connectivity index (χ1v) is 11.2. The van der Waals surface area contributed by atoms with Gasteiger partial charge in [0.25, 0.3) is 0 Å². The molecule has 134 valence electrons. The van der Waals surface area contributed by atoms with E-state index in [-0.39, 0.29) is 18.3 Å². The van der Waals surface area contributed by atoms with Crippen molar-refractivity contribution in [1.29, 1.82) is 0 Å². The molecule has 0 aliphatic carbocycles. The van der Waals surface area contributed by atoms with E-state index in [9.17, 15) is 9.90 Å². The molecule has 1 aromatic rings. The molecule has 0 aromatic heterocycles. The van der Waals surface area contributed by atoms with Gasteiger partial charge in [-0.2, -0.15) is 0 Å². The average molecular weight is 353 g/mol. The van der Waals surface area contributed by atoms with E-state index >= 15 is 0 Å². The predicted octanol–water partition coefficient (Wildman–Crippen LogP) is 3.45. The first-order chi connectivity index (χ1) is 11.1. The van der Waals surface area contributed by atoms with Crippen LogP contribution in [-0.4, -0.2) is 44.3 Å². The van der Waals surface area contributed by atoms with E-state index in [2.05, 4.69) is 33.9 Å². The minimum absolute atomic E-state index is 0.0146. The minimum atomic E-state index is -2.14. The molecule has 1 heterocycles. The quantitative estimate of drug-likeness (QED) is 0.573. The molecule has 6 heteroatoms. The number of aliphatic carboxylic acids is 1. The van der Waals surface area contributed by atoms with Crippen LogP contribution in [0.3, 0.4) is 0 Å². The molecule has 5 nitrogen and oxygen atoms in total. The first-order valence-electron chi connectivity index (χ1n) is 8.25. The van der Waals surface area contributed by atoms with Gasteiger partial charge in [-0.25, -0.2) is 4.79 Å². The Balaban J connectivity index is 2.06. The van der Waals surface area contributed by atoms with Gasteiger partial charge in [-0.3, -0.25) is 0 Å². The molecule has 0 saturated carbocycles. The van der Waals surface area contributed by atoms with Gasteiger partial charge >= 0.3 is 5.97 Å². The van der Waals surface area contributed by atoms with E-state index in [1.807, 2.05) is 30.3 Å². The maximum atomic E-state index is 11.6. The zero-order valence-corrected chi connectivity index (χ0v) is 16.2. The topological polar surface area (TPSA) is 68.3 Å². The van der Waals surface area contributed by atoms with Crippen LogP contribution in [0.25, 0.3) is 0 Å². The van der Waals surface area contributed by atoms with Gasteiger partial charge < -0.3 is 19.0 Å². The molecule has 1 aromatic carbocycles. The molecule has 0 bridgehead atoms. The van der Waals surface area contributed by atoms with Crippen molar-refractivity contribution in [1.82, 2.24) is 0 Å². The van der Waals surface area contributed by atoms with E-state index in [0.717, 1.165) is 5.56 Å². The molecule has 24 heavy (non-hydrogen) atoms. The zero-order valence-electron chi connectivity index (χ0n) is 15.2. The number of carboxylic acids is 1.